The van der Waals surface area contributed by atoms with Crippen LogP contribution in [0.25, 0.3) is 0 Å². The van der Waals surface area contributed by atoms with E-state index in [2.05, 4.69) is 0 Å². The van der Waals surface area contributed by atoms with Crippen LogP contribution in [-0.2, 0) is 25.7 Å². The fourth-order valence-electron chi connectivity index (χ4n) is 4.58. The Hall–Kier alpha value is -1.92. The molecule has 0 radical (unpaired) electrons. The highest BCUT2D eigenvalue weighted by molar-refractivity contribution is 5.89. The highest BCUT2D eigenvalue weighted by Crippen LogP contribution is 2.41. The van der Waals surface area contributed by atoms with Crippen molar-refractivity contribution in [3.63, 3.8) is 0 Å². The van der Waals surface area contributed by atoms with E-state index in [-0.39, 0.29) is 29.9 Å². The molecule has 3 aliphatic rings. The Morgan fingerprint density at radius 3 is 2.67 bits per heavy atom. The van der Waals surface area contributed by atoms with E-state index in [0.717, 1.165) is 18.4 Å². The largest absolute Gasteiger partial charge is 0.458 e. The maximum Gasteiger partial charge on any atom is 0.329 e. The van der Waals surface area contributed by atoms with Gasteiger partial charge in [-0.25, -0.2) is 4.79 Å². The number of benzene rings is 1. The molecule has 146 valence electrons. The van der Waals surface area contributed by atoms with Gasteiger partial charge < -0.3 is 9.64 Å². The van der Waals surface area contributed by atoms with E-state index < -0.39 is 11.6 Å². The number of esters is 1. The molecule has 3 fully saturated rings. The maximum atomic E-state index is 13.4. The zero-order valence-electron chi connectivity index (χ0n) is 16.3. The van der Waals surface area contributed by atoms with Gasteiger partial charge in [0.25, 0.3) is 0 Å². The lowest BCUT2D eigenvalue weighted by Crippen LogP contribution is -2.58. The van der Waals surface area contributed by atoms with Crippen LogP contribution < -0.4 is 0 Å². The smallest absolute Gasteiger partial charge is 0.329 e. The molecule has 0 N–H and O–H groups in total. The molecule has 27 heavy (non-hydrogen) atoms. The van der Waals surface area contributed by atoms with Crippen LogP contribution in [0.5, 0.6) is 0 Å². The monoisotopic (exact) mass is 372 g/mol. The second-order valence-corrected chi connectivity index (χ2v) is 8.82. The van der Waals surface area contributed by atoms with Crippen molar-refractivity contribution in [2.75, 3.05) is 6.61 Å². The van der Waals surface area contributed by atoms with Crippen molar-refractivity contribution >= 4 is 11.9 Å². The molecule has 0 saturated carbocycles. The summed E-state index contributed by atoms with van der Waals surface area (Å²) in [6.07, 6.45) is 2.43. The van der Waals surface area contributed by atoms with Crippen LogP contribution in [0.2, 0.25) is 0 Å². The first kappa shape index (κ1) is 18.4. The molecule has 6 nitrogen and oxygen atoms in total. The molecule has 6 heteroatoms. The van der Waals surface area contributed by atoms with Gasteiger partial charge in [0.15, 0.2) is 0 Å². The van der Waals surface area contributed by atoms with Crippen molar-refractivity contribution in [1.82, 2.24) is 9.96 Å². The molecule has 0 aromatic heterocycles. The molecule has 1 aromatic rings. The molecule has 0 aliphatic carbocycles. The maximum absolute atomic E-state index is 13.4. The normalized spacial score (nSPS) is 30.9. The van der Waals surface area contributed by atoms with Gasteiger partial charge >= 0.3 is 5.97 Å². The molecule has 0 bridgehead atoms. The summed E-state index contributed by atoms with van der Waals surface area (Å²) in [5, 5.41) is 1.81. The fraction of sp³-hybridized carbons (Fsp3) is 0.619. The van der Waals surface area contributed by atoms with Crippen LogP contribution in [0, 0.1) is 5.92 Å². The zero-order valence-corrected chi connectivity index (χ0v) is 16.3. The molecular weight excluding hydrogens is 344 g/mol. The Morgan fingerprint density at radius 2 is 1.96 bits per heavy atom. The fourth-order valence-corrected chi connectivity index (χ4v) is 4.58. The van der Waals surface area contributed by atoms with Crippen molar-refractivity contribution in [2.45, 2.75) is 70.3 Å². The van der Waals surface area contributed by atoms with E-state index in [4.69, 9.17) is 9.57 Å². The number of hydroxylamine groups is 2. The van der Waals surface area contributed by atoms with E-state index >= 15 is 0 Å². The molecule has 4 atom stereocenters. The van der Waals surface area contributed by atoms with Crippen molar-refractivity contribution < 1.29 is 19.2 Å². The Kier molecular flexibility index (Phi) is 4.72. The highest BCUT2D eigenvalue weighted by atomic mass is 16.7. The molecule has 3 aliphatic heterocycles. The molecule has 3 saturated heterocycles. The second-order valence-electron chi connectivity index (χ2n) is 8.82. The van der Waals surface area contributed by atoms with Crippen molar-refractivity contribution in [2.24, 2.45) is 5.92 Å². The molecule has 1 amide bonds. The van der Waals surface area contributed by atoms with Crippen LogP contribution in [-0.4, -0.2) is 52.2 Å². The van der Waals surface area contributed by atoms with Gasteiger partial charge in [0.2, 0.25) is 5.91 Å². The number of carbonyl (C=O) groups is 2. The van der Waals surface area contributed by atoms with Gasteiger partial charge in [-0.15, -0.1) is 0 Å². The van der Waals surface area contributed by atoms with Gasteiger partial charge in [-0.3, -0.25) is 9.63 Å². The number of hydrogen-bond donors (Lipinski definition) is 0. The minimum atomic E-state index is -0.549. The summed E-state index contributed by atoms with van der Waals surface area (Å²) >= 11 is 0. The summed E-state index contributed by atoms with van der Waals surface area (Å²) in [6, 6.07) is 9.35. The predicted octanol–water partition coefficient (Wildman–Crippen LogP) is 2.52. The first-order valence-corrected chi connectivity index (χ1v) is 9.82. The summed E-state index contributed by atoms with van der Waals surface area (Å²) in [7, 11) is 0. The lowest BCUT2D eigenvalue weighted by atomic mass is 9.87. The number of ether oxygens (including phenoxy) is 1. The van der Waals surface area contributed by atoms with Gasteiger partial charge in [0.1, 0.15) is 17.7 Å². The average Bonchev–Trinajstić information content (AvgIpc) is 3.19. The molecule has 1 aromatic carbocycles. The minimum absolute atomic E-state index is 0.0121. The second kappa shape index (κ2) is 6.91. The number of nitrogens with zero attached hydrogens (tertiary/aromatic N) is 2. The van der Waals surface area contributed by atoms with Gasteiger partial charge in [-0.2, -0.15) is 5.06 Å². The number of piperidine rings is 1. The average molecular weight is 372 g/mol. The van der Waals surface area contributed by atoms with E-state index in [0.29, 0.717) is 19.6 Å². The molecule has 0 spiro atoms. The third-order valence-corrected chi connectivity index (χ3v) is 5.66. The number of fused-ring (bicyclic) bond motifs is 2. The summed E-state index contributed by atoms with van der Waals surface area (Å²) in [4.78, 5) is 33.7. The minimum Gasteiger partial charge on any atom is -0.458 e. The lowest BCUT2D eigenvalue weighted by molar-refractivity contribution is -0.176. The van der Waals surface area contributed by atoms with E-state index in [1.165, 1.54) is 0 Å². The third-order valence-electron chi connectivity index (χ3n) is 5.66. The Morgan fingerprint density at radius 1 is 1.22 bits per heavy atom. The van der Waals surface area contributed by atoms with Crippen LogP contribution in [0.15, 0.2) is 30.3 Å². The van der Waals surface area contributed by atoms with Gasteiger partial charge in [0.05, 0.1) is 6.61 Å². The quantitative estimate of drug-likeness (QED) is 0.763. The Balaban J connectivity index is 1.51. The van der Waals surface area contributed by atoms with Gasteiger partial charge in [0, 0.05) is 18.5 Å². The Bertz CT molecular complexity index is 715. The number of carbonyl (C=O) groups excluding carboxylic acids is 2. The topological polar surface area (TPSA) is 59.1 Å². The van der Waals surface area contributed by atoms with Gasteiger partial charge in [-0.05, 0) is 45.6 Å². The lowest BCUT2D eigenvalue weighted by Gasteiger charge is -2.40. The summed E-state index contributed by atoms with van der Waals surface area (Å²) in [5.74, 6) is -0.0804. The molecule has 4 rings (SSSR count). The summed E-state index contributed by atoms with van der Waals surface area (Å²) in [6.45, 7) is 6.72. The SMILES string of the molecule is CC(C)(C)OC(=O)C1CCC2CC3CON(Cc4ccccc4)C3C(=O)N21. The zero-order chi connectivity index (χ0) is 19.2. The first-order valence-electron chi connectivity index (χ1n) is 9.82. The highest BCUT2D eigenvalue weighted by Gasteiger charge is 2.54. The standard InChI is InChI=1S/C21H28N2O4/c1-21(2,3)27-20(25)17-10-9-16-11-15-13-26-22(18(15)19(24)23(16)17)12-14-7-5-4-6-8-14/h4-8,15-18H,9-13H2,1-3H3. The van der Waals surface area contributed by atoms with Gasteiger partial charge in [-0.1, -0.05) is 30.3 Å². The third kappa shape index (κ3) is 3.60. The van der Waals surface area contributed by atoms with Crippen LogP contribution in [0.3, 0.4) is 0 Å². The molecular formula is C21H28N2O4. The van der Waals surface area contributed by atoms with Crippen molar-refractivity contribution in [3.05, 3.63) is 35.9 Å². The Labute approximate surface area is 160 Å². The van der Waals surface area contributed by atoms with Crippen molar-refractivity contribution in [3.8, 4) is 0 Å². The number of rotatable bonds is 3. The number of hydrogen-bond acceptors (Lipinski definition) is 5. The van der Waals surface area contributed by atoms with Crippen molar-refractivity contribution in [1.29, 1.82) is 0 Å². The molecule has 3 heterocycles. The first-order chi connectivity index (χ1) is 12.8. The van der Waals surface area contributed by atoms with Crippen LogP contribution in [0.1, 0.15) is 45.6 Å². The van der Waals surface area contributed by atoms with E-state index in [1.54, 1.807) is 4.90 Å². The number of amides is 1. The van der Waals surface area contributed by atoms with E-state index in [9.17, 15) is 9.59 Å². The van der Waals surface area contributed by atoms with Crippen LogP contribution >= 0.6 is 0 Å². The van der Waals surface area contributed by atoms with Crippen LogP contribution in [0.4, 0.5) is 0 Å². The van der Waals surface area contributed by atoms with E-state index in [1.807, 2.05) is 56.2 Å². The molecule has 4 unspecified atom stereocenters. The predicted molar refractivity (Wildman–Crippen MR) is 99.3 cm³/mol. The summed E-state index contributed by atoms with van der Waals surface area (Å²) < 4.78 is 5.58. The summed E-state index contributed by atoms with van der Waals surface area (Å²) in [5.41, 5.74) is 0.560.